The molecule has 8 nitrogen and oxygen atoms in total. The van der Waals surface area contributed by atoms with Crippen molar-refractivity contribution in [3.05, 3.63) is 72.7 Å². The third-order valence-corrected chi connectivity index (χ3v) is 6.36. The number of carbonyl (C=O) groups excluding carboxylic acids is 1. The van der Waals surface area contributed by atoms with Gasteiger partial charge < -0.3 is 19.9 Å². The number of carbonyl (C=O) groups is 1. The van der Waals surface area contributed by atoms with E-state index in [1.807, 2.05) is 0 Å². The van der Waals surface area contributed by atoms with Crippen molar-refractivity contribution in [3.63, 3.8) is 0 Å². The Morgan fingerprint density at radius 1 is 1.05 bits per heavy atom. The molecule has 1 atom stereocenters. The number of nitrogens with zero attached hydrogens (tertiary/aromatic N) is 5. The number of ether oxygens (including phenoxy) is 1. The maximum absolute atomic E-state index is 14.2. The second-order valence-corrected chi connectivity index (χ2v) is 8.96. The molecule has 2 aromatic heterocycles. The summed E-state index contributed by atoms with van der Waals surface area (Å²) in [5, 5.41) is 3.20. The first kappa shape index (κ1) is 26.2. The molecule has 3 heterocycles. The zero-order valence-corrected chi connectivity index (χ0v) is 20.6. The number of imidazole rings is 1. The molecule has 39 heavy (non-hydrogen) atoms. The number of amides is 1. The summed E-state index contributed by atoms with van der Waals surface area (Å²) < 4.78 is 70.8. The highest BCUT2D eigenvalue weighted by Crippen LogP contribution is 2.32. The Balaban J connectivity index is 1.32. The van der Waals surface area contributed by atoms with E-state index in [0.717, 1.165) is 6.07 Å². The Hall–Kier alpha value is -4.42. The number of nitrogens with one attached hydrogen (secondary N) is 1. The maximum Gasteiger partial charge on any atom is 0.573 e. The van der Waals surface area contributed by atoms with Gasteiger partial charge in [0.25, 0.3) is 0 Å². The van der Waals surface area contributed by atoms with Crippen molar-refractivity contribution in [2.45, 2.75) is 19.3 Å². The summed E-state index contributed by atoms with van der Waals surface area (Å²) in [7, 11) is 0. The molecule has 1 fully saturated rings. The van der Waals surface area contributed by atoms with Crippen LogP contribution in [0, 0.1) is 11.6 Å². The van der Waals surface area contributed by atoms with Gasteiger partial charge in [0.2, 0.25) is 5.91 Å². The first-order valence-corrected chi connectivity index (χ1v) is 12.0. The lowest BCUT2D eigenvalue weighted by atomic mass is 10.1. The Kier molecular flexibility index (Phi) is 6.98. The van der Waals surface area contributed by atoms with Gasteiger partial charge in [-0.15, -0.1) is 13.2 Å². The highest BCUT2D eigenvalue weighted by atomic mass is 19.4. The van der Waals surface area contributed by atoms with E-state index in [1.165, 1.54) is 42.6 Å². The van der Waals surface area contributed by atoms with E-state index < -0.39 is 24.0 Å². The summed E-state index contributed by atoms with van der Waals surface area (Å²) in [5.74, 6) is -1.41. The number of hydrogen-bond acceptors (Lipinski definition) is 6. The highest BCUT2D eigenvalue weighted by molar-refractivity contribution is 5.86. The minimum absolute atomic E-state index is 0.196. The number of hydrogen-bond donors (Lipinski definition) is 1. The zero-order valence-electron chi connectivity index (χ0n) is 20.6. The zero-order chi connectivity index (χ0) is 27.7. The van der Waals surface area contributed by atoms with Crippen LogP contribution in [0.25, 0.3) is 16.9 Å². The molecular formula is C26H23F5N6O2. The van der Waals surface area contributed by atoms with Crippen molar-refractivity contribution >= 4 is 23.1 Å². The Morgan fingerprint density at radius 2 is 1.77 bits per heavy atom. The molecule has 1 aliphatic rings. The molecule has 1 amide bonds. The number of anilines is 2. The number of halogens is 5. The van der Waals surface area contributed by atoms with Gasteiger partial charge in [-0.25, -0.2) is 13.8 Å². The normalized spacial score (nSPS) is 14.9. The lowest BCUT2D eigenvalue weighted by molar-refractivity contribution is -0.274. The highest BCUT2D eigenvalue weighted by Gasteiger charge is 2.31. The van der Waals surface area contributed by atoms with E-state index in [-0.39, 0.29) is 17.3 Å². The molecule has 0 bridgehead atoms. The molecular weight excluding hydrogens is 523 g/mol. The van der Waals surface area contributed by atoms with Gasteiger partial charge in [-0.3, -0.25) is 14.2 Å². The first-order valence-electron chi connectivity index (χ1n) is 12.0. The van der Waals surface area contributed by atoms with Gasteiger partial charge in [-0.1, -0.05) is 0 Å². The summed E-state index contributed by atoms with van der Waals surface area (Å²) in [6, 6.07) is 7.98. The maximum atomic E-state index is 14.2. The number of aromatic nitrogens is 3. The van der Waals surface area contributed by atoms with E-state index in [2.05, 4.69) is 20.0 Å². The second kappa shape index (κ2) is 10.4. The third kappa shape index (κ3) is 5.71. The summed E-state index contributed by atoms with van der Waals surface area (Å²) in [6.07, 6.45) is -0.0831. The van der Waals surface area contributed by atoms with Crippen LogP contribution in [0.5, 0.6) is 5.75 Å². The summed E-state index contributed by atoms with van der Waals surface area (Å²) in [4.78, 5) is 25.3. The number of fused-ring (bicyclic) bond motifs is 1. The van der Waals surface area contributed by atoms with Crippen molar-refractivity contribution in [2.24, 2.45) is 0 Å². The van der Waals surface area contributed by atoms with Gasteiger partial charge in [0, 0.05) is 50.2 Å². The monoisotopic (exact) mass is 546 g/mol. The van der Waals surface area contributed by atoms with Gasteiger partial charge in [-0.05, 0) is 43.3 Å². The lowest BCUT2D eigenvalue weighted by Crippen LogP contribution is -2.52. The Labute approximate surface area is 219 Å². The van der Waals surface area contributed by atoms with Crippen LogP contribution >= 0.6 is 0 Å². The largest absolute Gasteiger partial charge is 0.573 e. The molecule has 13 heteroatoms. The Bertz CT molecular complexity index is 1480. The van der Waals surface area contributed by atoms with Crippen LogP contribution in [-0.2, 0) is 4.79 Å². The van der Waals surface area contributed by atoms with Gasteiger partial charge in [0.05, 0.1) is 11.9 Å². The van der Waals surface area contributed by atoms with Crippen LogP contribution in [-0.4, -0.2) is 63.8 Å². The van der Waals surface area contributed by atoms with Crippen LogP contribution in [0.3, 0.4) is 0 Å². The third-order valence-electron chi connectivity index (χ3n) is 6.36. The predicted octanol–water partition coefficient (Wildman–Crippen LogP) is 4.72. The number of alkyl halides is 3. The van der Waals surface area contributed by atoms with Crippen LogP contribution in [0.15, 0.2) is 61.1 Å². The summed E-state index contributed by atoms with van der Waals surface area (Å²) in [5.41, 5.74) is 1.67. The summed E-state index contributed by atoms with van der Waals surface area (Å²) >= 11 is 0. The van der Waals surface area contributed by atoms with E-state index in [0.29, 0.717) is 48.9 Å². The van der Waals surface area contributed by atoms with Crippen molar-refractivity contribution in [3.8, 4) is 17.0 Å². The van der Waals surface area contributed by atoms with Crippen molar-refractivity contribution < 1.29 is 31.5 Å². The molecule has 0 saturated carbocycles. The average molecular weight is 547 g/mol. The van der Waals surface area contributed by atoms with Crippen molar-refractivity contribution in [1.29, 1.82) is 0 Å². The van der Waals surface area contributed by atoms with Gasteiger partial charge >= 0.3 is 6.36 Å². The molecule has 4 aromatic rings. The molecule has 2 aromatic carbocycles. The molecule has 1 N–H and O–H groups in total. The molecule has 0 spiro atoms. The second-order valence-electron chi connectivity index (χ2n) is 8.96. The fraction of sp³-hybridized carbons (Fsp3) is 0.269. The van der Waals surface area contributed by atoms with Gasteiger partial charge in [0.15, 0.2) is 5.65 Å². The number of benzene rings is 2. The molecule has 5 rings (SSSR count). The minimum Gasteiger partial charge on any atom is -0.406 e. The first-order chi connectivity index (χ1) is 18.6. The molecule has 1 aliphatic heterocycles. The number of rotatable bonds is 6. The van der Waals surface area contributed by atoms with E-state index in [9.17, 15) is 26.7 Å². The van der Waals surface area contributed by atoms with Gasteiger partial charge in [-0.2, -0.15) is 0 Å². The molecule has 0 aliphatic carbocycles. The predicted molar refractivity (Wildman–Crippen MR) is 133 cm³/mol. The minimum atomic E-state index is -4.81. The molecule has 1 unspecified atom stereocenters. The topological polar surface area (TPSA) is 75.0 Å². The van der Waals surface area contributed by atoms with Crippen LogP contribution in [0.2, 0.25) is 0 Å². The summed E-state index contributed by atoms with van der Waals surface area (Å²) in [6.45, 7) is 3.12. The van der Waals surface area contributed by atoms with E-state index >= 15 is 0 Å². The van der Waals surface area contributed by atoms with Crippen LogP contribution in [0.4, 0.5) is 33.5 Å². The molecule has 0 radical (unpaired) electrons. The van der Waals surface area contributed by atoms with Crippen LogP contribution < -0.4 is 15.0 Å². The standard InChI is InChI=1S/C26H23F5N6O2/c1-16(25(38)36-12-10-35(11-13-36)21-7-4-18(27)14-20(21)28)33-24-23(34-22-15-32-8-9-37(22)24)17-2-5-19(6-3-17)39-26(29,30)31/h2-9,14-16,33H,10-13H2,1H3. The number of piperazine rings is 1. The average Bonchev–Trinajstić information content (AvgIpc) is 3.26. The lowest BCUT2D eigenvalue weighted by Gasteiger charge is -2.37. The fourth-order valence-electron chi connectivity index (χ4n) is 4.51. The van der Waals surface area contributed by atoms with Crippen LogP contribution in [0.1, 0.15) is 6.92 Å². The Morgan fingerprint density at radius 3 is 2.44 bits per heavy atom. The SMILES string of the molecule is CC(Nc1c(-c2ccc(OC(F)(F)F)cc2)nc2cnccn12)C(=O)N1CCN(c2ccc(F)cc2F)CC1. The molecule has 204 valence electrons. The quantitative estimate of drug-likeness (QED) is 0.353. The van der Waals surface area contributed by atoms with E-state index in [1.54, 1.807) is 33.5 Å². The van der Waals surface area contributed by atoms with E-state index in [4.69, 9.17) is 0 Å². The fourth-order valence-corrected chi connectivity index (χ4v) is 4.51. The molecule has 1 saturated heterocycles. The van der Waals surface area contributed by atoms with Crippen molar-refractivity contribution in [2.75, 3.05) is 36.4 Å². The van der Waals surface area contributed by atoms with Crippen molar-refractivity contribution in [1.82, 2.24) is 19.3 Å². The smallest absolute Gasteiger partial charge is 0.406 e. The van der Waals surface area contributed by atoms with Gasteiger partial charge in [0.1, 0.15) is 34.9 Å².